The molecule has 6 heteroatoms. The lowest BCUT2D eigenvalue weighted by Gasteiger charge is -2.01. The molecule has 0 aliphatic carbocycles. The van der Waals surface area contributed by atoms with Crippen molar-refractivity contribution in [2.75, 3.05) is 6.54 Å². The van der Waals surface area contributed by atoms with Gasteiger partial charge in [0.15, 0.2) is 0 Å². The second-order valence-corrected chi connectivity index (χ2v) is 3.35. The lowest BCUT2D eigenvalue weighted by molar-refractivity contribution is -0.385. The average molecular weight is 236 g/mol. The molecular formula is C11H12N2O4. The van der Waals surface area contributed by atoms with Crippen molar-refractivity contribution >= 4 is 17.7 Å². The molecule has 0 unspecified atom stereocenters. The highest BCUT2D eigenvalue weighted by atomic mass is 16.6. The molecule has 0 aliphatic rings. The zero-order valence-corrected chi connectivity index (χ0v) is 9.00. The van der Waals surface area contributed by atoms with Gasteiger partial charge in [0.1, 0.15) is 0 Å². The molecular weight excluding hydrogens is 224 g/mol. The molecule has 0 bridgehead atoms. The summed E-state index contributed by atoms with van der Waals surface area (Å²) in [5.41, 5.74) is 5.89. The SMILES string of the molecule is NCC=Cc1ccc(CC(=O)O)c([N+](=O)[O-])c1. The Morgan fingerprint density at radius 2 is 2.24 bits per heavy atom. The molecule has 0 aromatic heterocycles. The van der Waals surface area contributed by atoms with E-state index in [0.29, 0.717) is 12.1 Å². The maximum absolute atomic E-state index is 10.8. The molecule has 3 N–H and O–H groups in total. The second kappa shape index (κ2) is 5.76. The van der Waals surface area contributed by atoms with Crippen LogP contribution in [-0.4, -0.2) is 22.5 Å². The normalized spacial score (nSPS) is 10.6. The average Bonchev–Trinajstić information content (AvgIpc) is 2.26. The van der Waals surface area contributed by atoms with Crippen LogP contribution in [0.1, 0.15) is 11.1 Å². The number of carbonyl (C=O) groups is 1. The predicted molar refractivity (Wildman–Crippen MR) is 62.5 cm³/mol. The third-order valence-electron chi connectivity index (χ3n) is 2.09. The molecule has 0 fully saturated rings. The lowest BCUT2D eigenvalue weighted by Crippen LogP contribution is -2.04. The van der Waals surface area contributed by atoms with E-state index in [4.69, 9.17) is 10.8 Å². The maximum atomic E-state index is 10.8. The minimum absolute atomic E-state index is 0.187. The van der Waals surface area contributed by atoms with Crippen LogP contribution in [0.3, 0.4) is 0 Å². The van der Waals surface area contributed by atoms with Crippen molar-refractivity contribution < 1.29 is 14.8 Å². The van der Waals surface area contributed by atoms with Crippen molar-refractivity contribution in [3.8, 4) is 0 Å². The van der Waals surface area contributed by atoms with E-state index in [0.717, 1.165) is 0 Å². The largest absolute Gasteiger partial charge is 0.481 e. The van der Waals surface area contributed by atoms with Crippen LogP contribution < -0.4 is 5.73 Å². The van der Waals surface area contributed by atoms with Crippen LogP contribution in [0, 0.1) is 10.1 Å². The monoisotopic (exact) mass is 236 g/mol. The minimum atomic E-state index is -1.10. The fraction of sp³-hybridized carbons (Fsp3) is 0.182. The Morgan fingerprint density at radius 1 is 1.53 bits per heavy atom. The molecule has 1 aromatic rings. The van der Waals surface area contributed by atoms with E-state index < -0.39 is 10.9 Å². The van der Waals surface area contributed by atoms with Crippen LogP contribution in [0.5, 0.6) is 0 Å². The van der Waals surface area contributed by atoms with E-state index in [9.17, 15) is 14.9 Å². The summed E-state index contributed by atoms with van der Waals surface area (Å²) in [5, 5.41) is 19.4. The van der Waals surface area contributed by atoms with Crippen LogP contribution in [0.25, 0.3) is 6.08 Å². The molecule has 0 radical (unpaired) electrons. The summed E-state index contributed by atoms with van der Waals surface area (Å²) in [6, 6.07) is 4.41. The van der Waals surface area contributed by atoms with Crippen molar-refractivity contribution in [1.29, 1.82) is 0 Å². The van der Waals surface area contributed by atoms with Crippen LogP contribution in [0.2, 0.25) is 0 Å². The van der Waals surface area contributed by atoms with Crippen molar-refractivity contribution in [1.82, 2.24) is 0 Å². The first kappa shape index (κ1) is 12.9. The van der Waals surface area contributed by atoms with Gasteiger partial charge in [0.05, 0.1) is 11.3 Å². The summed E-state index contributed by atoms with van der Waals surface area (Å²) >= 11 is 0. The number of rotatable bonds is 5. The second-order valence-electron chi connectivity index (χ2n) is 3.35. The van der Waals surface area contributed by atoms with Gasteiger partial charge in [-0.05, 0) is 5.56 Å². The Morgan fingerprint density at radius 3 is 2.76 bits per heavy atom. The summed E-state index contributed by atoms with van der Waals surface area (Å²) in [5.74, 6) is -1.10. The van der Waals surface area contributed by atoms with E-state index in [1.165, 1.54) is 12.1 Å². The summed E-state index contributed by atoms with van der Waals surface area (Å²) in [7, 11) is 0. The summed E-state index contributed by atoms with van der Waals surface area (Å²) < 4.78 is 0. The third-order valence-corrected chi connectivity index (χ3v) is 2.09. The molecule has 0 aliphatic heterocycles. The topological polar surface area (TPSA) is 106 Å². The van der Waals surface area contributed by atoms with E-state index in [2.05, 4.69) is 0 Å². The maximum Gasteiger partial charge on any atom is 0.308 e. The van der Waals surface area contributed by atoms with Gasteiger partial charge in [-0.15, -0.1) is 0 Å². The number of carboxylic acids is 1. The van der Waals surface area contributed by atoms with Crippen LogP contribution in [0.4, 0.5) is 5.69 Å². The van der Waals surface area contributed by atoms with Gasteiger partial charge in [-0.2, -0.15) is 0 Å². The highest BCUT2D eigenvalue weighted by molar-refractivity contribution is 5.72. The summed E-state index contributed by atoms with van der Waals surface area (Å²) in [4.78, 5) is 20.8. The van der Waals surface area contributed by atoms with Gasteiger partial charge in [0.25, 0.3) is 5.69 Å². The zero-order valence-electron chi connectivity index (χ0n) is 9.00. The van der Waals surface area contributed by atoms with Gasteiger partial charge in [-0.3, -0.25) is 14.9 Å². The van der Waals surface area contributed by atoms with Crippen molar-refractivity contribution in [2.45, 2.75) is 6.42 Å². The van der Waals surface area contributed by atoms with Gasteiger partial charge in [-0.25, -0.2) is 0 Å². The zero-order chi connectivity index (χ0) is 12.8. The summed E-state index contributed by atoms with van der Waals surface area (Å²) in [6.45, 7) is 0.338. The molecule has 0 atom stereocenters. The van der Waals surface area contributed by atoms with Crippen LogP contribution in [0.15, 0.2) is 24.3 Å². The first-order valence-corrected chi connectivity index (χ1v) is 4.90. The van der Waals surface area contributed by atoms with Gasteiger partial charge < -0.3 is 10.8 Å². The van der Waals surface area contributed by atoms with Crippen LogP contribution >= 0.6 is 0 Å². The molecule has 17 heavy (non-hydrogen) atoms. The number of nitrogens with two attached hydrogens (primary N) is 1. The minimum Gasteiger partial charge on any atom is -0.481 e. The Bertz CT molecular complexity index is 469. The van der Waals surface area contributed by atoms with Crippen molar-refractivity contribution in [2.24, 2.45) is 5.73 Å². The quantitative estimate of drug-likeness (QED) is 0.590. The van der Waals surface area contributed by atoms with Gasteiger partial charge in [0.2, 0.25) is 0 Å². The first-order valence-electron chi connectivity index (χ1n) is 4.90. The lowest BCUT2D eigenvalue weighted by atomic mass is 10.1. The number of carboxylic acid groups (broad SMARTS) is 1. The number of nitrogens with zero attached hydrogens (tertiary/aromatic N) is 1. The standard InChI is InChI=1S/C11H12N2O4/c12-5-1-2-8-3-4-9(7-11(14)15)10(6-8)13(16)17/h1-4,6H,5,7,12H2,(H,14,15). The predicted octanol–water partition coefficient (Wildman–Crippen LogP) is 1.19. The van der Waals surface area contributed by atoms with Gasteiger partial charge >= 0.3 is 5.97 Å². The molecule has 6 nitrogen and oxygen atoms in total. The molecule has 1 rings (SSSR count). The number of benzene rings is 1. The highest BCUT2D eigenvalue weighted by Crippen LogP contribution is 2.21. The third kappa shape index (κ3) is 3.69. The smallest absolute Gasteiger partial charge is 0.308 e. The Hall–Kier alpha value is -2.21. The van der Waals surface area contributed by atoms with Crippen molar-refractivity contribution in [3.63, 3.8) is 0 Å². The van der Waals surface area contributed by atoms with E-state index in [1.54, 1.807) is 18.2 Å². The molecule has 90 valence electrons. The molecule has 1 aromatic carbocycles. The molecule has 0 spiro atoms. The van der Waals surface area contributed by atoms with E-state index in [1.807, 2.05) is 0 Å². The van der Waals surface area contributed by atoms with Crippen molar-refractivity contribution in [3.05, 3.63) is 45.5 Å². The van der Waals surface area contributed by atoms with Crippen LogP contribution in [-0.2, 0) is 11.2 Å². The molecule has 0 saturated carbocycles. The van der Waals surface area contributed by atoms with Gasteiger partial charge in [0, 0.05) is 18.2 Å². The summed E-state index contributed by atoms with van der Waals surface area (Å²) in [6.07, 6.45) is 2.95. The fourth-order valence-electron chi connectivity index (χ4n) is 1.37. The highest BCUT2D eigenvalue weighted by Gasteiger charge is 2.16. The number of hydrogen-bond acceptors (Lipinski definition) is 4. The van der Waals surface area contributed by atoms with E-state index in [-0.39, 0.29) is 17.7 Å². The van der Waals surface area contributed by atoms with E-state index >= 15 is 0 Å². The fourth-order valence-corrected chi connectivity index (χ4v) is 1.37. The van der Waals surface area contributed by atoms with Gasteiger partial charge in [-0.1, -0.05) is 24.3 Å². The first-order chi connectivity index (χ1) is 8.04. The Balaban J connectivity index is 3.12. The number of nitro benzene ring substituents is 1. The number of hydrogen-bond donors (Lipinski definition) is 2. The molecule has 0 saturated heterocycles. The molecule has 0 heterocycles. The Labute approximate surface area is 97.5 Å². The number of aliphatic carboxylic acids is 1. The Kier molecular flexibility index (Phi) is 4.36. The number of nitro groups is 1. The molecule has 0 amide bonds.